The van der Waals surface area contributed by atoms with Crippen LogP contribution in [-0.2, 0) is 21.9 Å². The predicted octanol–water partition coefficient (Wildman–Crippen LogP) is -2.31. The van der Waals surface area contributed by atoms with Crippen molar-refractivity contribution in [1.29, 1.82) is 0 Å². The molecular weight excluding hydrogens is 126 g/mol. The number of carbonyl (C=O) groups is 1. The Kier molecular flexibility index (Phi) is 7.71. The van der Waals surface area contributed by atoms with Crippen molar-refractivity contribution in [2.24, 2.45) is 5.73 Å². The van der Waals surface area contributed by atoms with Gasteiger partial charge in [0.05, 0.1) is 5.97 Å². The molecule has 3 nitrogen and oxygen atoms in total. The third-order valence-electron chi connectivity index (χ3n) is 0.167. The zero-order chi connectivity index (χ0) is 4.28. The molecule has 0 spiro atoms. The molecule has 4 heteroatoms. The first-order valence-electron chi connectivity index (χ1n) is 1.17. The number of hydrogen-bond acceptors (Lipinski definition) is 3. The summed E-state index contributed by atoms with van der Waals surface area (Å²) in [5, 5.41) is 9.13. The van der Waals surface area contributed by atoms with Crippen LogP contribution in [-0.4, -0.2) is 12.5 Å². The molecule has 0 aromatic rings. The van der Waals surface area contributed by atoms with Gasteiger partial charge >= 0.3 is 17.1 Å². The van der Waals surface area contributed by atoms with E-state index in [1.807, 2.05) is 0 Å². The molecule has 0 fully saturated rings. The minimum atomic E-state index is -1.22. The Morgan fingerprint density at radius 2 is 2.00 bits per heavy atom. The molecule has 6 heavy (non-hydrogen) atoms. The third kappa shape index (κ3) is 9.04. The van der Waals surface area contributed by atoms with Crippen LogP contribution in [0.5, 0.6) is 0 Å². The van der Waals surface area contributed by atoms with E-state index in [0.717, 1.165) is 0 Å². The maximum Gasteiger partial charge on any atom is 3.00 e. The van der Waals surface area contributed by atoms with Crippen LogP contribution in [0.4, 0.5) is 0 Å². The average molecular weight is 130 g/mol. The van der Waals surface area contributed by atoms with Gasteiger partial charge in [-0.15, -0.1) is 0 Å². The Hall–Kier alpha value is -0.0505. The van der Waals surface area contributed by atoms with Gasteiger partial charge in [0, 0.05) is 6.54 Å². The molecule has 0 unspecified atom stereocenters. The number of carboxylic acids is 1. The molecule has 1 radical (unpaired) electrons. The molecule has 0 saturated carbocycles. The van der Waals surface area contributed by atoms with Gasteiger partial charge in [-0.25, -0.2) is 0 Å². The quantitative estimate of drug-likeness (QED) is 0.405. The molecule has 0 aromatic heterocycles. The van der Waals surface area contributed by atoms with E-state index in [0.29, 0.717) is 0 Å². The number of carboxylic acid groups (broad SMARTS) is 1. The van der Waals surface area contributed by atoms with E-state index in [1.54, 1.807) is 0 Å². The molecule has 0 aliphatic heterocycles. The summed E-state index contributed by atoms with van der Waals surface area (Å²) in [7, 11) is 0. The molecule has 0 aliphatic carbocycles. The largest absolute Gasteiger partial charge is 3.00 e. The summed E-state index contributed by atoms with van der Waals surface area (Å²) < 4.78 is 0. The van der Waals surface area contributed by atoms with Gasteiger partial charge in [-0.05, 0) is 0 Å². The van der Waals surface area contributed by atoms with E-state index in [-0.39, 0.29) is 23.6 Å². The van der Waals surface area contributed by atoms with Crippen molar-refractivity contribution >= 4 is 5.97 Å². The second kappa shape index (κ2) is 4.95. The summed E-state index contributed by atoms with van der Waals surface area (Å²) in [5.41, 5.74) is 4.51. The van der Waals surface area contributed by atoms with Crippen molar-refractivity contribution in [3.63, 3.8) is 0 Å². The van der Waals surface area contributed by atoms with E-state index < -0.39 is 5.97 Å². The van der Waals surface area contributed by atoms with Crippen LogP contribution in [0, 0.1) is 0 Å². The van der Waals surface area contributed by atoms with Crippen LogP contribution in [0.1, 0.15) is 0 Å². The molecule has 35 valence electrons. The summed E-state index contributed by atoms with van der Waals surface area (Å²) >= 11 is 0. The number of nitrogens with two attached hydrogens (primary N) is 1. The maximum atomic E-state index is 9.13. The summed E-state index contributed by atoms with van der Waals surface area (Å²) in [6.07, 6.45) is 0. The van der Waals surface area contributed by atoms with Crippen molar-refractivity contribution in [2.45, 2.75) is 0 Å². The normalized spacial score (nSPS) is 6.17. The predicted molar refractivity (Wildman–Crippen MR) is 14.1 cm³/mol. The van der Waals surface area contributed by atoms with E-state index >= 15 is 0 Å². The van der Waals surface area contributed by atoms with Crippen molar-refractivity contribution in [3.8, 4) is 0 Å². The summed E-state index contributed by atoms with van der Waals surface area (Å²) in [6.45, 7) is -0.389. The van der Waals surface area contributed by atoms with Gasteiger partial charge in [0.2, 0.25) is 0 Å². The van der Waals surface area contributed by atoms with Gasteiger partial charge in [0.1, 0.15) is 0 Å². The molecule has 2 N–H and O–H groups in total. The van der Waals surface area contributed by atoms with Gasteiger partial charge in [-0.1, -0.05) is 0 Å². The topological polar surface area (TPSA) is 66.2 Å². The molecule has 0 bridgehead atoms. The monoisotopic (exact) mass is 130 g/mol. The van der Waals surface area contributed by atoms with Crippen LogP contribution >= 0.6 is 0 Å². The Balaban J connectivity index is 0. The van der Waals surface area contributed by atoms with Gasteiger partial charge in [0.15, 0.2) is 0 Å². The van der Waals surface area contributed by atoms with Crippen molar-refractivity contribution < 1.29 is 27.0 Å². The van der Waals surface area contributed by atoms with Crippen LogP contribution < -0.4 is 10.8 Å². The standard InChI is InChI=1S/C2H5NO2.Fe/c3-1-2(4)5;/h1,3H2,(H,4,5);/q;+3/p-1. The van der Waals surface area contributed by atoms with E-state index in [9.17, 15) is 0 Å². The van der Waals surface area contributed by atoms with E-state index in [4.69, 9.17) is 9.90 Å². The average Bonchev–Trinajstić information content (AvgIpc) is 1.38. The third-order valence-corrected chi connectivity index (χ3v) is 0.167. The van der Waals surface area contributed by atoms with Crippen LogP contribution in [0.15, 0.2) is 0 Å². The summed E-state index contributed by atoms with van der Waals surface area (Å²) in [4.78, 5) is 9.13. The number of aliphatic carboxylic acids is 1. The van der Waals surface area contributed by atoms with Crippen molar-refractivity contribution in [3.05, 3.63) is 0 Å². The van der Waals surface area contributed by atoms with Gasteiger partial charge in [0.25, 0.3) is 0 Å². The Bertz CT molecular complexity index is 46.8. The molecule has 0 aliphatic rings. The first-order chi connectivity index (χ1) is 2.27. The maximum absolute atomic E-state index is 9.13. The van der Waals surface area contributed by atoms with Gasteiger partial charge in [-0.3, -0.25) is 0 Å². The number of rotatable bonds is 1. The van der Waals surface area contributed by atoms with E-state index in [2.05, 4.69) is 5.73 Å². The minimum absolute atomic E-state index is 0. The fourth-order valence-corrected chi connectivity index (χ4v) is 0. The Morgan fingerprint density at radius 1 is 1.83 bits per heavy atom. The molecule has 0 saturated heterocycles. The van der Waals surface area contributed by atoms with Crippen LogP contribution in [0.3, 0.4) is 0 Å². The van der Waals surface area contributed by atoms with Crippen LogP contribution in [0.2, 0.25) is 0 Å². The smallest absolute Gasteiger partial charge is 0.549 e. The fourth-order valence-electron chi connectivity index (χ4n) is 0. The SMILES string of the molecule is NCC(=O)[O-].[Fe+3]. The van der Waals surface area contributed by atoms with Gasteiger partial charge < -0.3 is 15.6 Å². The van der Waals surface area contributed by atoms with Crippen molar-refractivity contribution in [1.82, 2.24) is 0 Å². The molecule has 0 rings (SSSR count). The second-order valence-corrected chi connectivity index (χ2v) is 0.576. The fraction of sp³-hybridized carbons (Fsp3) is 0.500. The molecule has 0 amide bonds. The molecule has 0 atom stereocenters. The second-order valence-electron chi connectivity index (χ2n) is 0.576. The van der Waals surface area contributed by atoms with Crippen molar-refractivity contribution in [2.75, 3.05) is 6.54 Å². The van der Waals surface area contributed by atoms with Gasteiger partial charge in [-0.2, -0.15) is 0 Å². The molecule has 0 heterocycles. The zero-order valence-corrected chi connectivity index (χ0v) is 4.06. The zero-order valence-electron chi connectivity index (χ0n) is 2.95. The number of hydrogen-bond donors (Lipinski definition) is 1. The van der Waals surface area contributed by atoms with Crippen LogP contribution in [0.25, 0.3) is 0 Å². The first kappa shape index (κ1) is 9.34. The Morgan fingerprint density at radius 3 is 2.00 bits per heavy atom. The number of carbonyl (C=O) groups excluding carboxylic acids is 1. The molecule has 0 aromatic carbocycles. The van der Waals surface area contributed by atoms with E-state index in [1.165, 1.54) is 0 Å². The summed E-state index contributed by atoms with van der Waals surface area (Å²) in [6, 6.07) is 0. The Labute approximate surface area is 46.0 Å². The first-order valence-corrected chi connectivity index (χ1v) is 1.17. The minimum Gasteiger partial charge on any atom is -0.549 e. The molecular formula is C2H4FeNO2+2. The summed E-state index contributed by atoms with van der Waals surface area (Å²) in [5.74, 6) is -1.22.